The van der Waals surface area contributed by atoms with Gasteiger partial charge in [-0.1, -0.05) is 13.3 Å². The summed E-state index contributed by atoms with van der Waals surface area (Å²) >= 11 is 0. The summed E-state index contributed by atoms with van der Waals surface area (Å²) < 4.78 is 12.8. The summed E-state index contributed by atoms with van der Waals surface area (Å²) in [5.74, 6) is -0.204. The maximum Gasteiger partial charge on any atom is 0.166 e. The molecule has 0 spiro atoms. The van der Waals surface area contributed by atoms with Crippen LogP contribution in [0.15, 0.2) is 24.3 Å². The summed E-state index contributed by atoms with van der Waals surface area (Å²) in [4.78, 5) is 14.5. The highest BCUT2D eigenvalue weighted by molar-refractivity contribution is 5.97. The monoisotopic (exact) mass is 249 g/mol. The number of nitrogens with zero attached hydrogens (tertiary/aromatic N) is 1. The van der Waals surface area contributed by atoms with Crippen LogP contribution in [0.1, 0.15) is 36.5 Å². The number of hydrogen-bond acceptors (Lipinski definition) is 2. The third kappa shape index (κ3) is 3.39. The largest absolute Gasteiger partial charge is 0.303 e. The van der Waals surface area contributed by atoms with Crippen molar-refractivity contribution < 1.29 is 9.18 Å². The Morgan fingerprint density at radius 1 is 1.22 bits per heavy atom. The second-order valence-electron chi connectivity index (χ2n) is 5.13. The zero-order chi connectivity index (χ0) is 13.0. The van der Waals surface area contributed by atoms with Crippen LogP contribution in [0.2, 0.25) is 0 Å². The second-order valence-corrected chi connectivity index (χ2v) is 5.13. The van der Waals surface area contributed by atoms with E-state index in [0.717, 1.165) is 19.6 Å². The number of likely N-dealkylation sites (tertiary alicyclic amines) is 1. The molecule has 1 aliphatic heterocycles. The molecule has 0 bridgehead atoms. The SMILES string of the molecule is CC(CN1CCCCC1)C(=O)c1ccc(F)cc1. The molecular weight excluding hydrogens is 229 g/mol. The molecule has 0 radical (unpaired) electrons. The van der Waals surface area contributed by atoms with E-state index >= 15 is 0 Å². The first kappa shape index (κ1) is 13.2. The summed E-state index contributed by atoms with van der Waals surface area (Å²) in [5.41, 5.74) is 0.612. The number of hydrogen-bond donors (Lipinski definition) is 0. The fourth-order valence-corrected chi connectivity index (χ4v) is 2.51. The molecule has 0 N–H and O–H groups in total. The normalized spacial score (nSPS) is 18.6. The highest BCUT2D eigenvalue weighted by Gasteiger charge is 2.19. The first-order valence-electron chi connectivity index (χ1n) is 6.69. The van der Waals surface area contributed by atoms with Crippen molar-refractivity contribution in [2.24, 2.45) is 5.92 Å². The standard InChI is InChI=1S/C15H20FNO/c1-12(11-17-9-3-2-4-10-17)15(18)13-5-7-14(16)8-6-13/h5-8,12H,2-4,9-11H2,1H3. The van der Waals surface area contributed by atoms with Crippen molar-refractivity contribution in [3.05, 3.63) is 35.6 Å². The van der Waals surface area contributed by atoms with E-state index in [9.17, 15) is 9.18 Å². The molecule has 1 aromatic carbocycles. The maximum atomic E-state index is 12.8. The molecule has 98 valence electrons. The highest BCUT2D eigenvalue weighted by Crippen LogP contribution is 2.15. The molecule has 1 atom stereocenters. The van der Waals surface area contributed by atoms with Gasteiger partial charge in [-0.3, -0.25) is 4.79 Å². The van der Waals surface area contributed by atoms with Crippen LogP contribution in [0.5, 0.6) is 0 Å². The average molecular weight is 249 g/mol. The summed E-state index contributed by atoms with van der Waals surface area (Å²) in [7, 11) is 0. The van der Waals surface area contributed by atoms with Crippen molar-refractivity contribution in [3.8, 4) is 0 Å². The van der Waals surface area contributed by atoms with Crippen LogP contribution in [-0.2, 0) is 0 Å². The highest BCUT2D eigenvalue weighted by atomic mass is 19.1. The van der Waals surface area contributed by atoms with Gasteiger partial charge in [-0.2, -0.15) is 0 Å². The van der Waals surface area contributed by atoms with Crippen LogP contribution in [0.25, 0.3) is 0 Å². The lowest BCUT2D eigenvalue weighted by atomic mass is 9.98. The van der Waals surface area contributed by atoms with E-state index in [1.54, 1.807) is 12.1 Å². The number of Topliss-reactive ketones (excluding diaryl/α,β-unsaturated/α-hetero) is 1. The smallest absolute Gasteiger partial charge is 0.166 e. The van der Waals surface area contributed by atoms with Crippen molar-refractivity contribution in [2.75, 3.05) is 19.6 Å². The van der Waals surface area contributed by atoms with Crippen LogP contribution in [0.4, 0.5) is 4.39 Å². The van der Waals surface area contributed by atoms with E-state index in [1.165, 1.54) is 31.4 Å². The molecule has 2 rings (SSSR count). The molecule has 1 fully saturated rings. The minimum atomic E-state index is -0.296. The molecule has 0 saturated carbocycles. The molecule has 0 aliphatic carbocycles. The Labute approximate surface area is 108 Å². The summed E-state index contributed by atoms with van der Waals surface area (Å²) in [6, 6.07) is 5.84. The topological polar surface area (TPSA) is 20.3 Å². The van der Waals surface area contributed by atoms with E-state index in [1.807, 2.05) is 6.92 Å². The van der Waals surface area contributed by atoms with Gasteiger partial charge in [0.2, 0.25) is 0 Å². The van der Waals surface area contributed by atoms with Crippen LogP contribution in [0, 0.1) is 11.7 Å². The minimum absolute atomic E-state index is 0.0199. The predicted octanol–water partition coefficient (Wildman–Crippen LogP) is 3.13. The Balaban J connectivity index is 1.93. The van der Waals surface area contributed by atoms with E-state index in [4.69, 9.17) is 0 Å². The van der Waals surface area contributed by atoms with Gasteiger partial charge in [-0.05, 0) is 50.2 Å². The van der Waals surface area contributed by atoms with Crippen LogP contribution >= 0.6 is 0 Å². The summed E-state index contributed by atoms with van der Waals surface area (Å²) in [6.45, 7) is 4.97. The van der Waals surface area contributed by atoms with Gasteiger partial charge < -0.3 is 4.90 Å². The number of piperidine rings is 1. The van der Waals surface area contributed by atoms with Crippen molar-refractivity contribution >= 4 is 5.78 Å². The number of carbonyl (C=O) groups is 1. The summed E-state index contributed by atoms with van der Waals surface area (Å²) in [5, 5.41) is 0. The Morgan fingerprint density at radius 2 is 1.83 bits per heavy atom. The molecule has 18 heavy (non-hydrogen) atoms. The minimum Gasteiger partial charge on any atom is -0.303 e. The quantitative estimate of drug-likeness (QED) is 0.764. The predicted molar refractivity (Wildman–Crippen MR) is 70.2 cm³/mol. The first-order chi connectivity index (χ1) is 8.66. The molecule has 1 aliphatic rings. The lowest BCUT2D eigenvalue weighted by Crippen LogP contribution is -2.35. The van der Waals surface area contributed by atoms with Gasteiger partial charge in [-0.15, -0.1) is 0 Å². The van der Waals surface area contributed by atoms with Crippen molar-refractivity contribution in [2.45, 2.75) is 26.2 Å². The zero-order valence-electron chi connectivity index (χ0n) is 10.9. The van der Waals surface area contributed by atoms with Crippen LogP contribution < -0.4 is 0 Å². The van der Waals surface area contributed by atoms with Gasteiger partial charge in [0.1, 0.15) is 5.82 Å². The average Bonchev–Trinajstić information content (AvgIpc) is 2.40. The number of benzene rings is 1. The molecule has 1 heterocycles. The lowest BCUT2D eigenvalue weighted by Gasteiger charge is -2.28. The van der Waals surface area contributed by atoms with Crippen molar-refractivity contribution in [3.63, 3.8) is 0 Å². The number of halogens is 1. The van der Waals surface area contributed by atoms with Crippen molar-refractivity contribution in [1.29, 1.82) is 0 Å². The Bertz CT molecular complexity index is 395. The van der Waals surface area contributed by atoms with Gasteiger partial charge in [-0.25, -0.2) is 4.39 Å². The Hall–Kier alpha value is -1.22. The molecular formula is C15H20FNO. The number of rotatable bonds is 4. The van der Waals surface area contributed by atoms with Gasteiger partial charge in [0.25, 0.3) is 0 Å². The Morgan fingerprint density at radius 3 is 2.44 bits per heavy atom. The van der Waals surface area contributed by atoms with Crippen molar-refractivity contribution in [1.82, 2.24) is 4.90 Å². The number of carbonyl (C=O) groups excluding carboxylic acids is 1. The molecule has 0 amide bonds. The van der Waals surface area contributed by atoms with Crippen LogP contribution in [-0.4, -0.2) is 30.3 Å². The fourth-order valence-electron chi connectivity index (χ4n) is 2.51. The molecule has 1 unspecified atom stereocenters. The fraction of sp³-hybridized carbons (Fsp3) is 0.533. The molecule has 3 heteroatoms. The Kier molecular flexibility index (Phi) is 4.48. The maximum absolute atomic E-state index is 12.8. The third-order valence-corrected chi connectivity index (χ3v) is 3.56. The zero-order valence-corrected chi connectivity index (χ0v) is 10.9. The van der Waals surface area contributed by atoms with Gasteiger partial charge in [0, 0.05) is 18.0 Å². The molecule has 2 nitrogen and oxygen atoms in total. The van der Waals surface area contributed by atoms with Crippen LogP contribution in [0.3, 0.4) is 0 Å². The molecule has 0 aromatic heterocycles. The molecule has 1 saturated heterocycles. The van der Waals surface area contributed by atoms with E-state index in [-0.39, 0.29) is 17.5 Å². The van der Waals surface area contributed by atoms with Gasteiger partial charge >= 0.3 is 0 Å². The van der Waals surface area contributed by atoms with Gasteiger partial charge in [0.05, 0.1) is 0 Å². The first-order valence-corrected chi connectivity index (χ1v) is 6.69. The van der Waals surface area contributed by atoms with E-state index in [0.29, 0.717) is 5.56 Å². The number of ketones is 1. The van der Waals surface area contributed by atoms with Gasteiger partial charge in [0.15, 0.2) is 5.78 Å². The third-order valence-electron chi connectivity index (χ3n) is 3.56. The second kappa shape index (κ2) is 6.10. The van der Waals surface area contributed by atoms with E-state index < -0.39 is 0 Å². The van der Waals surface area contributed by atoms with E-state index in [2.05, 4.69) is 4.90 Å². The summed E-state index contributed by atoms with van der Waals surface area (Å²) in [6.07, 6.45) is 3.77. The lowest BCUT2D eigenvalue weighted by molar-refractivity contribution is 0.0883. The molecule has 1 aromatic rings.